The Bertz CT molecular complexity index is 1280. The molecule has 0 amide bonds. The maximum Gasteiger partial charge on any atom is 0.425 e. The number of rotatable bonds is 7. The first-order valence-corrected chi connectivity index (χ1v) is 11.2. The number of hydrogen-bond acceptors (Lipinski definition) is 4. The van der Waals surface area contributed by atoms with Gasteiger partial charge in [0.2, 0.25) is 15.6 Å². The fourth-order valence-corrected chi connectivity index (χ4v) is 4.07. The van der Waals surface area contributed by atoms with Crippen LogP contribution < -0.4 is 4.72 Å². The van der Waals surface area contributed by atoms with Crippen LogP contribution in [0.25, 0.3) is 6.08 Å². The van der Waals surface area contributed by atoms with Gasteiger partial charge < -0.3 is 5.11 Å². The Morgan fingerprint density at radius 1 is 0.970 bits per heavy atom. The van der Waals surface area contributed by atoms with Crippen molar-refractivity contribution in [3.63, 3.8) is 0 Å². The van der Waals surface area contributed by atoms with Crippen LogP contribution in [0.3, 0.4) is 0 Å². The zero-order valence-corrected chi connectivity index (χ0v) is 17.9. The minimum atomic E-state index is -4.98. The molecule has 0 saturated carbocycles. The highest BCUT2D eigenvalue weighted by atomic mass is 32.2. The van der Waals surface area contributed by atoms with Crippen LogP contribution in [-0.2, 0) is 22.2 Å². The molecule has 170 valence electrons. The highest BCUT2D eigenvalue weighted by Crippen LogP contribution is 2.40. The minimum absolute atomic E-state index is 0.101. The summed E-state index contributed by atoms with van der Waals surface area (Å²) in [5.41, 5.74) is -2.58. The van der Waals surface area contributed by atoms with Crippen LogP contribution in [0.5, 0.6) is 0 Å². The highest BCUT2D eigenvalue weighted by molar-refractivity contribution is 7.89. The van der Waals surface area contributed by atoms with Gasteiger partial charge in [-0.3, -0.25) is 0 Å². The van der Waals surface area contributed by atoms with E-state index in [0.717, 1.165) is 12.1 Å². The molecular weight excluding hydrogens is 453 g/mol. The summed E-state index contributed by atoms with van der Waals surface area (Å²) in [4.78, 5) is -0.101. The molecule has 0 bridgehead atoms. The van der Waals surface area contributed by atoms with Gasteiger partial charge in [-0.1, -0.05) is 66.7 Å². The van der Waals surface area contributed by atoms with Gasteiger partial charge in [0.25, 0.3) is 0 Å². The number of aliphatic hydroxyl groups is 1. The van der Waals surface area contributed by atoms with Crippen LogP contribution in [0.1, 0.15) is 22.3 Å². The van der Waals surface area contributed by atoms with Crippen LogP contribution in [0.15, 0.2) is 89.8 Å². The summed E-state index contributed by atoms with van der Waals surface area (Å²) in [5.74, 6) is 0. The van der Waals surface area contributed by atoms with Crippen LogP contribution in [0.2, 0.25) is 0 Å². The van der Waals surface area contributed by atoms with E-state index in [9.17, 15) is 26.7 Å². The summed E-state index contributed by atoms with van der Waals surface area (Å²) in [6, 6.07) is 20.4. The molecule has 1 unspecified atom stereocenters. The van der Waals surface area contributed by atoms with Crippen molar-refractivity contribution in [2.24, 2.45) is 0 Å². The molecule has 0 radical (unpaired) electrons. The van der Waals surface area contributed by atoms with Crippen molar-refractivity contribution in [3.05, 3.63) is 107 Å². The van der Waals surface area contributed by atoms with E-state index in [1.54, 1.807) is 30.3 Å². The fourth-order valence-electron chi connectivity index (χ4n) is 3.01. The lowest BCUT2D eigenvalue weighted by Crippen LogP contribution is -2.40. The summed E-state index contributed by atoms with van der Waals surface area (Å²) in [7, 11) is -3.93. The number of hydrogen-bond donors (Lipinski definition) is 2. The molecule has 3 rings (SSSR count). The Hall–Kier alpha value is -3.45. The smallest absolute Gasteiger partial charge is 0.373 e. The number of sulfonamides is 1. The molecule has 0 aromatic heterocycles. The van der Waals surface area contributed by atoms with Crippen molar-refractivity contribution >= 4 is 16.1 Å². The summed E-state index contributed by atoms with van der Waals surface area (Å²) < 4.78 is 68.4. The number of nitrogens with one attached hydrogen (secondary N) is 1. The van der Waals surface area contributed by atoms with E-state index in [4.69, 9.17) is 5.26 Å². The third-order valence-electron chi connectivity index (χ3n) is 4.88. The van der Waals surface area contributed by atoms with E-state index in [1.807, 2.05) is 6.07 Å². The molecule has 2 N–H and O–H groups in total. The van der Waals surface area contributed by atoms with Crippen molar-refractivity contribution in [2.45, 2.75) is 23.2 Å². The molecule has 5 nitrogen and oxygen atoms in total. The van der Waals surface area contributed by atoms with E-state index in [-0.39, 0.29) is 17.0 Å². The zero-order chi connectivity index (χ0) is 24.1. The molecule has 1 atom stereocenters. The van der Waals surface area contributed by atoms with Gasteiger partial charge in [0.05, 0.1) is 16.5 Å². The van der Waals surface area contributed by atoms with Gasteiger partial charge >= 0.3 is 6.18 Å². The van der Waals surface area contributed by atoms with Crippen LogP contribution in [0, 0.1) is 11.3 Å². The van der Waals surface area contributed by atoms with Crippen molar-refractivity contribution in [3.8, 4) is 6.07 Å². The Morgan fingerprint density at radius 2 is 1.64 bits per heavy atom. The van der Waals surface area contributed by atoms with E-state index in [1.165, 1.54) is 42.5 Å². The second-order valence-corrected chi connectivity index (χ2v) is 8.94. The summed E-state index contributed by atoms with van der Waals surface area (Å²) >= 11 is 0. The number of nitriles is 1. The van der Waals surface area contributed by atoms with E-state index >= 15 is 0 Å². The second kappa shape index (κ2) is 9.58. The molecule has 0 aliphatic rings. The molecule has 9 heteroatoms. The predicted molar refractivity (Wildman–Crippen MR) is 117 cm³/mol. The number of benzene rings is 3. The Balaban J connectivity index is 1.80. The first kappa shape index (κ1) is 24.2. The molecule has 0 aliphatic heterocycles. The van der Waals surface area contributed by atoms with Gasteiger partial charge in [-0.05, 0) is 41.0 Å². The van der Waals surface area contributed by atoms with Gasteiger partial charge in [-0.15, -0.1) is 0 Å². The summed E-state index contributed by atoms with van der Waals surface area (Å²) in [6.07, 6.45) is -3.11. The lowest BCUT2D eigenvalue weighted by atomic mass is 9.91. The molecule has 0 saturated heterocycles. The maximum absolute atomic E-state index is 13.7. The van der Waals surface area contributed by atoms with Crippen molar-refractivity contribution < 1.29 is 26.7 Å². The quantitative estimate of drug-likeness (QED) is 0.530. The van der Waals surface area contributed by atoms with Crippen molar-refractivity contribution in [1.82, 2.24) is 4.72 Å². The molecule has 3 aromatic rings. The highest BCUT2D eigenvalue weighted by Gasteiger charge is 2.53. The van der Waals surface area contributed by atoms with Crippen LogP contribution in [0.4, 0.5) is 13.2 Å². The average molecular weight is 472 g/mol. The Kier molecular flexibility index (Phi) is 7.03. The molecule has 0 aliphatic carbocycles. The fraction of sp³-hybridized carbons (Fsp3) is 0.125. The van der Waals surface area contributed by atoms with E-state index < -0.39 is 27.4 Å². The largest absolute Gasteiger partial charge is 0.425 e. The van der Waals surface area contributed by atoms with Gasteiger partial charge in [-0.25, -0.2) is 13.1 Å². The van der Waals surface area contributed by atoms with Gasteiger partial charge in [-0.2, -0.15) is 18.4 Å². The Labute approximate surface area is 189 Å². The second-order valence-electron chi connectivity index (χ2n) is 7.17. The van der Waals surface area contributed by atoms with Gasteiger partial charge in [0.1, 0.15) is 0 Å². The third-order valence-corrected chi connectivity index (χ3v) is 6.28. The van der Waals surface area contributed by atoms with Crippen LogP contribution in [-0.4, -0.2) is 19.7 Å². The van der Waals surface area contributed by atoms with Crippen molar-refractivity contribution in [1.29, 1.82) is 5.26 Å². The maximum atomic E-state index is 13.7. The van der Waals surface area contributed by atoms with Crippen LogP contribution >= 0.6 is 0 Å². The number of alkyl halides is 3. The SMILES string of the molecule is N#Cc1cccc(S(=O)(=O)NCc2ccc(C(O)(C=Cc3ccccc3)C(F)(F)F)cc2)c1. The Morgan fingerprint density at radius 3 is 2.24 bits per heavy atom. The standard InChI is InChI=1S/C24H19F3N2O3S/c25-24(26,27)23(30,14-13-18-5-2-1-3-6-18)21-11-9-19(10-12-21)17-29-33(31,32)22-8-4-7-20(15-22)16-28/h1-15,29-30H,17H2. The molecule has 0 heterocycles. The lowest BCUT2D eigenvalue weighted by molar-refractivity contribution is -0.244. The molecular formula is C24H19F3N2O3S. The molecule has 3 aromatic carbocycles. The lowest BCUT2D eigenvalue weighted by Gasteiger charge is -2.28. The third kappa shape index (κ3) is 5.68. The normalized spacial score (nSPS) is 14.0. The van der Waals surface area contributed by atoms with E-state index in [0.29, 0.717) is 17.2 Å². The monoisotopic (exact) mass is 472 g/mol. The first-order valence-electron chi connectivity index (χ1n) is 9.68. The molecule has 0 spiro atoms. The average Bonchev–Trinajstić information content (AvgIpc) is 2.81. The zero-order valence-electron chi connectivity index (χ0n) is 17.1. The molecule has 33 heavy (non-hydrogen) atoms. The van der Waals surface area contributed by atoms with Gasteiger partial charge in [0, 0.05) is 6.54 Å². The predicted octanol–water partition coefficient (Wildman–Crippen LogP) is 4.50. The topological polar surface area (TPSA) is 90.2 Å². The summed E-state index contributed by atoms with van der Waals surface area (Å²) in [6.45, 7) is -0.191. The van der Waals surface area contributed by atoms with Crippen molar-refractivity contribution in [2.75, 3.05) is 0 Å². The number of halogens is 3. The number of nitrogens with zero attached hydrogens (tertiary/aromatic N) is 1. The van der Waals surface area contributed by atoms with E-state index in [2.05, 4.69) is 4.72 Å². The molecule has 0 fully saturated rings. The summed E-state index contributed by atoms with van der Waals surface area (Å²) in [5, 5.41) is 19.4. The first-order chi connectivity index (χ1) is 15.5. The minimum Gasteiger partial charge on any atom is -0.373 e. The van der Waals surface area contributed by atoms with Gasteiger partial charge in [0.15, 0.2) is 0 Å².